The first-order chi connectivity index (χ1) is 6.33. The first kappa shape index (κ1) is 12.5. The molecule has 0 heterocycles. The topological polar surface area (TPSA) is 48.8 Å². The SMILES string of the molecule is C.CC(CCc1ccccc1)N=[N+]=[N-]. The smallest absolute Gasteiger partial charge is 0.0349 e. The number of hydrogen-bond donors (Lipinski definition) is 0. The molecule has 0 fully saturated rings. The summed E-state index contributed by atoms with van der Waals surface area (Å²) >= 11 is 0. The van der Waals surface area contributed by atoms with E-state index >= 15 is 0 Å². The van der Waals surface area contributed by atoms with Crippen LogP contribution >= 0.6 is 0 Å². The van der Waals surface area contributed by atoms with Gasteiger partial charge in [0.2, 0.25) is 0 Å². The van der Waals surface area contributed by atoms with Crippen molar-refractivity contribution in [1.29, 1.82) is 0 Å². The summed E-state index contributed by atoms with van der Waals surface area (Å²) < 4.78 is 0. The van der Waals surface area contributed by atoms with Gasteiger partial charge in [-0.1, -0.05) is 49.8 Å². The van der Waals surface area contributed by atoms with Crippen molar-refractivity contribution in [1.82, 2.24) is 0 Å². The molecule has 0 N–H and O–H groups in total. The lowest BCUT2D eigenvalue weighted by Gasteiger charge is -2.03. The highest BCUT2D eigenvalue weighted by Crippen LogP contribution is 2.06. The van der Waals surface area contributed by atoms with Gasteiger partial charge in [-0.25, -0.2) is 0 Å². The van der Waals surface area contributed by atoms with Crippen molar-refractivity contribution in [2.45, 2.75) is 33.2 Å². The molecule has 0 bridgehead atoms. The molecule has 3 nitrogen and oxygen atoms in total. The third-order valence-corrected chi connectivity index (χ3v) is 1.94. The number of azide groups is 1. The van der Waals surface area contributed by atoms with E-state index in [2.05, 4.69) is 22.2 Å². The van der Waals surface area contributed by atoms with E-state index in [-0.39, 0.29) is 13.5 Å². The maximum atomic E-state index is 8.19. The van der Waals surface area contributed by atoms with Gasteiger partial charge in [0, 0.05) is 11.0 Å². The summed E-state index contributed by atoms with van der Waals surface area (Å²) in [6.45, 7) is 1.93. The van der Waals surface area contributed by atoms with Crippen LogP contribution in [-0.4, -0.2) is 6.04 Å². The van der Waals surface area contributed by atoms with Crippen molar-refractivity contribution >= 4 is 0 Å². The molecule has 1 aromatic carbocycles. The van der Waals surface area contributed by atoms with Crippen molar-refractivity contribution in [2.24, 2.45) is 5.11 Å². The molecule has 1 aromatic rings. The van der Waals surface area contributed by atoms with Crippen molar-refractivity contribution < 1.29 is 0 Å². The zero-order valence-corrected chi connectivity index (χ0v) is 7.72. The van der Waals surface area contributed by atoms with E-state index in [9.17, 15) is 0 Å². The molecule has 76 valence electrons. The standard InChI is InChI=1S/C10H13N3.CH4/c1-9(12-13-11)7-8-10-5-3-2-4-6-10;/h2-6,9H,7-8H2,1H3;1H4. The minimum absolute atomic E-state index is 0. The van der Waals surface area contributed by atoms with Crippen LogP contribution in [0, 0.1) is 0 Å². The molecule has 0 aliphatic rings. The lowest BCUT2D eigenvalue weighted by molar-refractivity contribution is 0.662. The van der Waals surface area contributed by atoms with Crippen molar-refractivity contribution in [2.75, 3.05) is 0 Å². The average Bonchev–Trinajstić information content (AvgIpc) is 2.17. The number of rotatable bonds is 4. The third-order valence-electron chi connectivity index (χ3n) is 1.94. The highest BCUT2D eigenvalue weighted by molar-refractivity contribution is 5.14. The second-order valence-electron chi connectivity index (χ2n) is 3.08. The summed E-state index contributed by atoms with van der Waals surface area (Å²) in [7, 11) is 0. The van der Waals surface area contributed by atoms with E-state index < -0.39 is 0 Å². The van der Waals surface area contributed by atoms with Gasteiger partial charge >= 0.3 is 0 Å². The molecule has 0 amide bonds. The number of hydrogen-bond acceptors (Lipinski definition) is 1. The monoisotopic (exact) mass is 191 g/mol. The van der Waals surface area contributed by atoms with E-state index in [1.54, 1.807) is 0 Å². The minimum atomic E-state index is 0. The molecular weight excluding hydrogens is 174 g/mol. The van der Waals surface area contributed by atoms with Crippen LogP contribution in [0.2, 0.25) is 0 Å². The van der Waals surface area contributed by atoms with E-state index in [4.69, 9.17) is 5.53 Å². The summed E-state index contributed by atoms with van der Waals surface area (Å²) in [5.41, 5.74) is 9.49. The van der Waals surface area contributed by atoms with Crippen LogP contribution < -0.4 is 0 Å². The normalized spacial score (nSPS) is 10.9. The molecule has 0 aliphatic carbocycles. The van der Waals surface area contributed by atoms with E-state index in [1.165, 1.54) is 5.56 Å². The largest absolute Gasteiger partial charge is 0.0909 e. The molecule has 0 saturated heterocycles. The Balaban J connectivity index is 0.00000169. The predicted molar refractivity (Wildman–Crippen MR) is 60.1 cm³/mol. The first-order valence-corrected chi connectivity index (χ1v) is 4.41. The second-order valence-corrected chi connectivity index (χ2v) is 3.08. The van der Waals surface area contributed by atoms with Gasteiger partial charge in [-0.2, -0.15) is 0 Å². The van der Waals surface area contributed by atoms with Crippen LogP contribution in [0.15, 0.2) is 35.4 Å². The van der Waals surface area contributed by atoms with Crippen molar-refractivity contribution in [3.63, 3.8) is 0 Å². The lowest BCUT2D eigenvalue weighted by atomic mass is 10.1. The summed E-state index contributed by atoms with van der Waals surface area (Å²) in [6, 6.07) is 10.3. The van der Waals surface area contributed by atoms with Crippen LogP contribution in [0.5, 0.6) is 0 Å². The van der Waals surface area contributed by atoms with Crippen molar-refractivity contribution in [3.8, 4) is 0 Å². The summed E-state index contributed by atoms with van der Waals surface area (Å²) in [6.07, 6.45) is 1.88. The molecule has 0 radical (unpaired) electrons. The van der Waals surface area contributed by atoms with Crippen LogP contribution in [0.4, 0.5) is 0 Å². The molecule has 1 unspecified atom stereocenters. The fourth-order valence-corrected chi connectivity index (χ4v) is 1.17. The van der Waals surface area contributed by atoms with Crippen molar-refractivity contribution in [3.05, 3.63) is 46.3 Å². The fourth-order valence-electron chi connectivity index (χ4n) is 1.17. The van der Waals surface area contributed by atoms with Crippen LogP contribution in [0.25, 0.3) is 10.4 Å². The van der Waals surface area contributed by atoms with Gasteiger partial charge in [0.25, 0.3) is 0 Å². The maximum absolute atomic E-state index is 8.19. The Hall–Kier alpha value is -1.47. The van der Waals surface area contributed by atoms with Gasteiger partial charge < -0.3 is 0 Å². The predicted octanol–water partition coefficient (Wildman–Crippen LogP) is 3.95. The number of benzene rings is 1. The fraction of sp³-hybridized carbons (Fsp3) is 0.455. The molecule has 14 heavy (non-hydrogen) atoms. The maximum Gasteiger partial charge on any atom is 0.0349 e. The van der Waals surface area contributed by atoms with Gasteiger partial charge in [-0.3, -0.25) is 0 Å². The zero-order chi connectivity index (χ0) is 9.52. The Bertz CT molecular complexity index is 289. The third kappa shape index (κ3) is 4.53. The molecule has 1 atom stereocenters. The van der Waals surface area contributed by atoms with Gasteiger partial charge in [-0.05, 0) is 23.9 Å². The van der Waals surface area contributed by atoms with Gasteiger partial charge in [0.05, 0.1) is 0 Å². The van der Waals surface area contributed by atoms with Gasteiger partial charge in [-0.15, -0.1) is 0 Å². The van der Waals surface area contributed by atoms with E-state index in [0.717, 1.165) is 12.8 Å². The molecule has 1 rings (SSSR count). The first-order valence-electron chi connectivity index (χ1n) is 4.41. The Kier molecular flexibility index (Phi) is 6.25. The van der Waals surface area contributed by atoms with Crippen LogP contribution in [0.3, 0.4) is 0 Å². The number of aryl methyl sites for hydroxylation is 1. The van der Waals surface area contributed by atoms with E-state index in [1.807, 2.05) is 25.1 Å². The Morgan fingerprint density at radius 1 is 1.36 bits per heavy atom. The molecule has 3 heteroatoms. The lowest BCUT2D eigenvalue weighted by Crippen LogP contribution is -1.98. The van der Waals surface area contributed by atoms with Gasteiger partial charge in [0.15, 0.2) is 0 Å². The minimum Gasteiger partial charge on any atom is -0.0909 e. The Labute approximate surface area is 85.4 Å². The number of nitrogens with zero attached hydrogens (tertiary/aromatic N) is 3. The Morgan fingerprint density at radius 3 is 2.57 bits per heavy atom. The summed E-state index contributed by atoms with van der Waals surface area (Å²) in [5, 5.41) is 3.62. The zero-order valence-electron chi connectivity index (χ0n) is 7.72. The second kappa shape index (κ2) is 6.98. The van der Waals surface area contributed by atoms with Gasteiger partial charge in [0.1, 0.15) is 0 Å². The van der Waals surface area contributed by atoms with Crippen LogP contribution in [0.1, 0.15) is 26.3 Å². The quantitative estimate of drug-likeness (QED) is 0.393. The van der Waals surface area contributed by atoms with Crippen LogP contribution in [-0.2, 0) is 6.42 Å². The molecule has 0 spiro atoms. The highest BCUT2D eigenvalue weighted by atomic mass is 15.1. The summed E-state index contributed by atoms with van der Waals surface area (Å²) in [5.74, 6) is 0. The average molecular weight is 191 g/mol. The molecule has 0 saturated carbocycles. The highest BCUT2D eigenvalue weighted by Gasteiger charge is 1.98. The molecule has 0 aromatic heterocycles. The Morgan fingerprint density at radius 2 is 2.00 bits per heavy atom. The molecule has 0 aliphatic heterocycles. The van der Waals surface area contributed by atoms with E-state index in [0.29, 0.717) is 0 Å². The summed E-state index contributed by atoms with van der Waals surface area (Å²) in [4.78, 5) is 2.77. The molecular formula is C11H17N3.